The smallest absolute Gasteiger partial charge is 0.255 e. The zero-order chi connectivity index (χ0) is 23.5. The molecule has 0 spiro atoms. The second-order valence-corrected chi connectivity index (χ2v) is 8.26. The first-order valence-electron chi connectivity index (χ1n) is 10.7. The summed E-state index contributed by atoms with van der Waals surface area (Å²) < 4.78 is 16.8. The van der Waals surface area contributed by atoms with Crippen molar-refractivity contribution in [1.29, 1.82) is 0 Å². The van der Waals surface area contributed by atoms with Crippen LogP contribution in [0.1, 0.15) is 42.6 Å². The molecule has 0 atom stereocenters. The fraction of sp³-hybridized carbons (Fsp3) is 0.231. The van der Waals surface area contributed by atoms with Crippen LogP contribution in [0.4, 0.5) is 5.69 Å². The lowest BCUT2D eigenvalue weighted by Crippen LogP contribution is -2.13. The molecule has 0 unspecified atom stereocenters. The van der Waals surface area contributed by atoms with Gasteiger partial charge >= 0.3 is 0 Å². The molecule has 0 saturated heterocycles. The Kier molecular flexibility index (Phi) is 6.56. The quantitative estimate of drug-likeness (QED) is 0.321. The number of aromatic nitrogens is 1. The van der Waals surface area contributed by atoms with Gasteiger partial charge in [0.05, 0.1) is 24.4 Å². The van der Waals surface area contributed by atoms with Crippen LogP contribution in [0.25, 0.3) is 22.6 Å². The van der Waals surface area contributed by atoms with Crippen LogP contribution in [-0.2, 0) is 0 Å². The van der Waals surface area contributed by atoms with Crippen LogP contribution >= 0.6 is 11.6 Å². The van der Waals surface area contributed by atoms with Crippen LogP contribution in [-0.4, -0.2) is 24.6 Å². The van der Waals surface area contributed by atoms with Crippen molar-refractivity contribution in [3.05, 3.63) is 70.7 Å². The van der Waals surface area contributed by atoms with Crippen LogP contribution in [0, 0.1) is 0 Å². The molecule has 0 aliphatic rings. The molecule has 1 heterocycles. The van der Waals surface area contributed by atoms with Crippen molar-refractivity contribution in [2.24, 2.45) is 0 Å². The van der Waals surface area contributed by atoms with E-state index in [9.17, 15) is 4.79 Å². The third kappa shape index (κ3) is 4.81. The average molecular weight is 465 g/mol. The lowest BCUT2D eigenvalue weighted by Gasteiger charge is -2.12. The fourth-order valence-electron chi connectivity index (χ4n) is 3.47. The standard InChI is InChI=1S/C26H25ClN2O4/c1-5-32-22-9-7-17(12-19(22)27)25(30)28-20-14-18(8-10-23(20)31-4)26-29-21-13-16(15(2)3)6-11-24(21)33-26/h6-15H,5H2,1-4H3,(H,28,30). The average Bonchev–Trinajstić information content (AvgIpc) is 3.24. The van der Waals surface area contributed by atoms with E-state index in [1.807, 2.05) is 31.2 Å². The van der Waals surface area contributed by atoms with Crippen LogP contribution < -0.4 is 14.8 Å². The number of rotatable bonds is 7. The van der Waals surface area contributed by atoms with E-state index in [1.165, 1.54) is 5.56 Å². The van der Waals surface area contributed by atoms with Crippen molar-refractivity contribution in [3.63, 3.8) is 0 Å². The molecule has 3 aromatic carbocycles. The van der Waals surface area contributed by atoms with E-state index in [0.717, 1.165) is 11.1 Å². The largest absolute Gasteiger partial charge is 0.495 e. The monoisotopic (exact) mass is 464 g/mol. The molecule has 170 valence electrons. The Hall–Kier alpha value is -3.51. The van der Waals surface area contributed by atoms with E-state index in [4.69, 9.17) is 25.5 Å². The predicted molar refractivity (Wildman–Crippen MR) is 131 cm³/mol. The highest BCUT2D eigenvalue weighted by atomic mass is 35.5. The Bertz CT molecular complexity index is 1310. The van der Waals surface area contributed by atoms with Crippen molar-refractivity contribution in [2.75, 3.05) is 19.0 Å². The second-order valence-electron chi connectivity index (χ2n) is 7.85. The minimum absolute atomic E-state index is 0.325. The number of fused-ring (bicyclic) bond motifs is 1. The zero-order valence-corrected chi connectivity index (χ0v) is 19.7. The van der Waals surface area contributed by atoms with Crippen molar-refractivity contribution < 1.29 is 18.7 Å². The van der Waals surface area contributed by atoms with Crippen LogP contribution in [0.5, 0.6) is 11.5 Å². The number of methoxy groups -OCH3 is 1. The summed E-state index contributed by atoms with van der Waals surface area (Å²) in [4.78, 5) is 17.5. The SMILES string of the molecule is CCOc1ccc(C(=O)Nc2cc(-c3nc4cc(C(C)C)ccc4o3)ccc2OC)cc1Cl. The van der Waals surface area contributed by atoms with Crippen molar-refractivity contribution in [1.82, 2.24) is 4.98 Å². The molecular formula is C26H25ClN2O4. The highest BCUT2D eigenvalue weighted by Crippen LogP contribution is 2.33. The Morgan fingerprint density at radius 2 is 1.88 bits per heavy atom. The summed E-state index contributed by atoms with van der Waals surface area (Å²) >= 11 is 6.24. The molecular weight excluding hydrogens is 440 g/mol. The maximum absolute atomic E-state index is 12.9. The number of oxazole rings is 1. The van der Waals surface area contributed by atoms with Gasteiger partial charge in [0.1, 0.15) is 17.0 Å². The van der Waals surface area contributed by atoms with Crippen molar-refractivity contribution >= 4 is 34.3 Å². The summed E-state index contributed by atoms with van der Waals surface area (Å²) in [6.07, 6.45) is 0. The van der Waals surface area contributed by atoms with E-state index in [0.29, 0.717) is 51.8 Å². The normalized spacial score (nSPS) is 11.1. The van der Waals surface area contributed by atoms with Gasteiger partial charge in [0, 0.05) is 11.1 Å². The third-order valence-corrected chi connectivity index (χ3v) is 5.56. The Balaban J connectivity index is 1.64. The molecule has 0 saturated carbocycles. The number of ether oxygens (including phenoxy) is 2. The number of nitrogens with zero attached hydrogens (tertiary/aromatic N) is 1. The molecule has 1 N–H and O–H groups in total. The van der Waals surface area contributed by atoms with Gasteiger partial charge in [0.2, 0.25) is 5.89 Å². The summed E-state index contributed by atoms with van der Waals surface area (Å²) in [6, 6.07) is 16.3. The summed E-state index contributed by atoms with van der Waals surface area (Å²) in [7, 11) is 1.55. The van der Waals surface area contributed by atoms with Gasteiger partial charge in [0.25, 0.3) is 5.91 Å². The zero-order valence-electron chi connectivity index (χ0n) is 18.9. The van der Waals surface area contributed by atoms with E-state index < -0.39 is 0 Å². The van der Waals surface area contributed by atoms with Gasteiger partial charge in [-0.1, -0.05) is 31.5 Å². The highest BCUT2D eigenvalue weighted by Gasteiger charge is 2.16. The molecule has 33 heavy (non-hydrogen) atoms. The molecule has 1 aromatic heterocycles. The maximum Gasteiger partial charge on any atom is 0.255 e. The van der Waals surface area contributed by atoms with Crippen molar-refractivity contribution in [3.8, 4) is 23.0 Å². The van der Waals surface area contributed by atoms with Crippen LogP contribution in [0.15, 0.2) is 59.0 Å². The molecule has 0 fully saturated rings. The Labute approximate surface area is 197 Å². The first-order chi connectivity index (χ1) is 15.9. The van der Waals surface area contributed by atoms with Gasteiger partial charge in [0.15, 0.2) is 5.58 Å². The van der Waals surface area contributed by atoms with Gasteiger partial charge in [-0.2, -0.15) is 0 Å². The molecule has 0 aliphatic heterocycles. The van der Waals surface area contributed by atoms with Crippen LogP contribution in [0.2, 0.25) is 5.02 Å². The minimum Gasteiger partial charge on any atom is -0.495 e. The van der Waals surface area contributed by atoms with E-state index >= 15 is 0 Å². The molecule has 0 radical (unpaired) electrons. The minimum atomic E-state index is -0.325. The number of hydrogen-bond donors (Lipinski definition) is 1. The predicted octanol–water partition coefficient (Wildman–Crippen LogP) is 6.93. The molecule has 0 bridgehead atoms. The topological polar surface area (TPSA) is 73.6 Å². The summed E-state index contributed by atoms with van der Waals surface area (Å²) in [5.74, 6) is 1.59. The summed E-state index contributed by atoms with van der Waals surface area (Å²) in [6.45, 7) is 6.64. The summed E-state index contributed by atoms with van der Waals surface area (Å²) in [5, 5.41) is 3.26. The number of carbonyl (C=O) groups excluding carboxylic acids is 1. The number of halogens is 1. The number of benzene rings is 3. The number of hydrogen-bond acceptors (Lipinski definition) is 5. The molecule has 7 heteroatoms. The maximum atomic E-state index is 12.9. The highest BCUT2D eigenvalue weighted by molar-refractivity contribution is 6.32. The number of nitrogens with one attached hydrogen (secondary N) is 1. The van der Waals surface area contributed by atoms with E-state index in [-0.39, 0.29) is 5.91 Å². The molecule has 0 aliphatic carbocycles. The molecule has 1 amide bonds. The van der Waals surface area contributed by atoms with Crippen molar-refractivity contribution in [2.45, 2.75) is 26.7 Å². The summed E-state index contributed by atoms with van der Waals surface area (Å²) in [5.41, 5.74) is 4.31. The number of carbonyl (C=O) groups is 1. The third-order valence-electron chi connectivity index (χ3n) is 5.27. The fourth-order valence-corrected chi connectivity index (χ4v) is 3.71. The van der Waals surface area contributed by atoms with E-state index in [1.54, 1.807) is 37.4 Å². The van der Waals surface area contributed by atoms with Gasteiger partial charge in [-0.25, -0.2) is 4.98 Å². The second kappa shape index (κ2) is 9.55. The van der Waals surface area contributed by atoms with Gasteiger partial charge in [-0.3, -0.25) is 4.79 Å². The van der Waals surface area contributed by atoms with Gasteiger partial charge in [-0.05, 0) is 66.9 Å². The first kappa shape index (κ1) is 22.7. The Morgan fingerprint density at radius 1 is 1.09 bits per heavy atom. The first-order valence-corrected chi connectivity index (χ1v) is 11.1. The number of anilines is 1. The lowest BCUT2D eigenvalue weighted by atomic mass is 10.0. The van der Waals surface area contributed by atoms with Crippen LogP contribution in [0.3, 0.4) is 0 Å². The van der Waals surface area contributed by atoms with E-state index in [2.05, 4.69) is 24.1 Å². The molecule has 4 aromatic rings. The number of amides is 1. The van der Waals surface area contributed by atoms with Gasteiger partial charge < -0.3 is 19.2 Å². The molecule has 6 nitrogen and oxygen atoms in total. The molecule has 4 rings (SSSR count). The van der Waals surface area contributed by atoms with Gasteiger partial charge in [-0.15, -0.1) is 0 Å². The Morgan fingerprint density at radius 3 is 2.58 bits per heavy atom. The lowest BCUT2D eigenvalue weighted by molar-refractivity contribution is 0.102.